The van der Waals surface area contributed by atoms with Crippen LogP contribution < -0.4 is 16.0 Å². The van der Waals surface area contributed by atoms with Crippen molar-refractivity contribution in [2.24, 2.45) is 17.6 Å². The first-order valence-corrected chi connectivity index (χ1v) is 7.40. The van der Waals surface area contributed by atoms with Gasteiger partial charge in [-0.1, -0.05) is 26.0 Å². The van der Waals surface area contributed by atoms with Gasteiger partial charge in [-0.2, -0.15) is 0 Å². The SMILES string of the molecule is CC(C)CNCc1ccc(N2CCC(C(N)=O)C2)cc1. The van der Waals surface area contributed by atoms with Crippen LogP contribution in [0.1, 0.15) is 25.8 Å². The summed E-state index contributed by atoms with van der Waals surface area (Å²) >= 11 is 0. The van der Waals surface area contributed by atoms with Crippen LogP contribution in [-0.2, 0) is 11.3 Å². The van der Waals surface area contributed by atoms with Gasteiger partial charge in [0.15, 0.2) is 0 Å². The molecule has 1 unspecified atom stereocenters. The second-order valence-electron chi connectivity index (χ2n) is 6.03. The van der Waals surface area contributed by atoms with E-state index in [1.165, 1.54) is 11.3 Å². The number of hydrogen-bond donors (Lipinski definition) is 2. The van der Waals surface area contributed by atoms with Crippen LogP contribution in [-0.4, -0.2) is 25.5 Å². The quantitative estimate of drug-likeness (QED) is 0.831. The second kappa shape index (κ2) is 6.75. The lowest BCUT2D eigenvalue weighted by Crippen LogP contribution is -2.27. The Kier molecular flexibility index (Phi) is 5.01. The van der Waals surface area contributed by atoms with Crippen LogP contribution in [0.25, 0.3) is 0 Å². The van der Waals surface area contributed by atoms with Gasteiger partial charge < -0.3 is 16.0 Å². The van der Waals surface area contributed by atoms with Gasteiger partial charge in [0.2, 0.25) is 5.91 Å². The zero-order chi connectivity index (χ0) is 14.5. The number of benzene rings is 1. The van der Waals surface area contributed by atoms with E-state index >= 15 is 0 Å². The normalized spacial score (nSPS) is 18.8. The van der Waals surface area contributed by atoms with E-state index in [2.05, 4.69) is 48.3 Å². The monoisotopic (exact) mass is 275 g/mol. The Labute approximate surface area is 121 Å². The van der Waals surface area contributed by atoms with Crippen LogP contribution in [0.15, 0.2) is 24.3 Å². The number of carbonyl (C=O) groups excluding carboxylic acids is 1. The van der Waals surface area contributed by atoms with Crippen molar-refractivity contribution in [2.45, 2.75) is 26.8 Å². The molecule has 1 aromatic carbocycles. The molecule has 4 heteroatoms. The number of amides is 1. The summed E-state index contributed by atoms with van der Waals surface area (Å²) in [6, 6.07) is 8.58. The van der Waals surface area contributed by atoms with Crippen LogP contribution in [0.4, 0.5) is 5.69 Å². The van der Waals surface area contributed by atoms with E-state index in [-0.39, 0.29) is 11.8 Å². The third-order valence-electron chi connectivity index (χ3n) is 3.77. The van der Waals surface area contributed by atoms with E-state index in [9.17, 15) is 4.79 Å². The van der Waals surface area contributed by atoms with Crippen LogP contribution in [0.5, 0.6) is 0 Å². The molecular weight excluding hydrogens is 250 g/mol. The average Bonchev–Trinajstić information content (AvgIpc) is 2.89. The number of primary amides is 1. The largest absolute Gasteiger partial charge is 0.371 e. The maximum atomic E-state index is 11.2. The molecule has 3 N–H and O–H groups in total. The van der Waals surface area contributed by atoms with Gasteiger partial charge in [0.05, 0.1) is 5.92 Å². The minimum atomic E-state index is -0.179. The second-order valence-corrected chi connectivity index (χ2v) is 6.03. The summed E-state index contributed by atoms with van der Waals surface area (Å²) < 4.78 is 0. The third kappa shape index (κ3) is 3.97. The number of anilines is 1. The molecule has 1 aliphatic heterocycles. The van der Waals surface area contributed by atoms with Crippen molar-refractivity contribution in [1.29, 1.82) is 0 Å². The van der Waals surface area contributed by atoms with Crippen molar-refractivity contribution < 1.29 is 4.79 Å². The van der Waals surface area contributed by atoms with Crippen molar-refractivity contribution in [3.05, 3.63) is 29.8 Å². The number of carbonyl (C=O) groups is 1. The van der Waals surface area contributed by atoms with Crippen molar-refractivity contribution in [3.63, 3.8) is 0 Å². The van der Waals surface area contributed by atoms with Gasteiger partial charge in [-0.3, -0.25) is 4.79 Å². The summed E-state index contributed by atoms with van der Waals surface area (Å²) in [5.41, 5.74) is 7.84. The fourth-order valence-electron chi connectivity index (χ4n) is 2.56. The molecule has 20 heavy (non-hydrogen) atoms. The Hall–Kier alpha value is -1.55. The Bertz CT molecular complexity index is 442. The molecule has 1 heterocycles. The summed E-state index contributed by atoms with van der Waals surface area (Å²) in [6.07, 6.45) is 0.868. The molecule has 1 amide bonds. The van der Waals surface area contributed by atoms with Gasteiger partial charge in [-0.15, -0.1) is 0 Å². The predicted octanol–water partition coefficient (Wildman–Crippen LogP) is 1.74. The van der Waals surface area contributed by atoms with Gasteiger partial charge in [-0.05, 0) is 36.6 Å². The Morgan fingerprint density at radius 1 is 1.40 bits per heavy atom. The Balaban J connectivity index is 1.87. The van der Waals surface area contributed by atoms with Gasteiger partial charge in [0, 0.05) is 25.3 Å². The number of hydrogen-bond acceptors (Lipinski definition) is 3. The molecule has 1 fully saturated rings. The molecule has 1 aliphatic rings. The van der Waals surface area contributed by atoms with Crippen molar-refractivity contribution in [2.75, 3.05) is 24.5 Å². The molecule has 4 nitrogen and oxygen atoms in total. The lowest BCUT2D eigenvalue weighted by molar-refractivity contribution is -0.121. The molecule has 0 spiro atoms. The highest BCUT2D eigenvalue weighted by atomic mass is 16.1. The number of nitrogens with two attached hydrogens (primary N) is 1. The third-order valence-corrected chi connectivity index (χ3v) is 3.77. The van der Waals surface area contributed by atoms with E-state index in [4.69, 9.17) is 5.73 Å². The summed E-state index contributed by atoms with van der Waals surface area (Å²) in [7, 11) is 0. The molecule has 0 aliphatic carbocycles. The Morgan fingerprint density at radius 3 is 2.65 bits per heavy atom. The fraction of sp³-hybridized carbons (Fsp3) is 0.562. The molecule has 110 valence electrons. The fourth-order valence-corrected chi connectivity index (χ4v) is 2.56. The first-order chi connectivity index (χ1) is 9.56. The van der Waals surface area contributed by atoms with Crippen LogP contribution in [0, 0.1) is 11.8 Å². The first kappa shape index (κ1) is 14.9. The molecule has 0 aromatic heterocycles. The summed E-state index contributed by atoms with van der Waals surface area (Å²) in [5.74, 6) is 0.494. The van der Waals surface area contributed by atoms with Crippen LogP contribution in [0.2, 0.25) is 0 Å². The summed E-state index contributed by atoms with van der Waals surface area (Å²) in [6.45, 7) is 8.02. The lowest BCUT2D eigenvalue weighted by atomic mass is 10.1. The van der Waals surface area contributed by atoms with E-state index in [0.717, 1.165) is 32.6 Å². The molecule has 1 atom stereocenters. The van der Waals surface area contributed by atoms with E-state index in [0.29, 0.717) is 5.92 Å². The van der Waals surface area contributed by atoms with Gasteiger partial charge >= 0.3 is 0 Å². The van der Waals surface area contributed by atoms with E-state index in [1.54, 1.807) is 0 Å². The molecular formula is C16H25N3O. The highest BCUT2D eigenvalue weighted by molar-refractivity contribution is 5.78. The van der Waals surface area contributed by atoms with E-state index < -0.39 is 0 Å². The smallest absolute Gasteiger partial charge is 0.222 e. The predicted molar refractivity (Wildman–Crippen MR) is 82.5 cm³/mol. The first-order valence-electron chi connectivity index (χ1n) is 7.40. The minimum Gasteiger partial charge on any atom is -0.371 e. The van der Waals surface area contributed by atoms with Gasteiger partial charge in [-0.25, -0.2) is 0 Å². The summed E-state index contributed by atoms with van der Waals surface area (Å²) in [5, 5.41) is 3.44. The highest BCUT2D eigenvalue weighted by Crippen LogP contribution is 2.23. The van der Waals surface area contributed by atoms with Gasteiger partial charge in [0.25, 0.3) is 0 Å². The molecule has 0 bridgehead atoms. The van der Waals surface area contributed by atoms with Crippen molar-refractivity contribution >= 4 is 11.6 Å². The zero-order valence-corrected chi connectivity index (χ0v) is 12.4. The van der Waals surface area contributed by atoms with Gasteiger partial charge in [0.1, 0.15) is 0 Å². The lowest BCUT2D eigenvalue weighted by Gasteiger charge is -2.18. The number of nitrogens with one attached hydrogen (secondary N) is 1. The Morgan fingerprint density at radius 2 is 2.10 bits per heavy atom. The molecule has 1 saturated heterocycles. The van der Waals surface area contributed by atoms with Crippen LogP contribution in [0.3, 0.4) is 0 Å². The maximum Gasteiger partial charge on any atom is 0.222 e. The van der Waals surface area contributed by atoms with Crippen molar-refractivity contribution in [1.82, 2.24) is 5.32 Å². The molecule has 1 aromatic rings. The van der Waals surface area contributed by atoms with Crippen molar-refractivity contribution in [3.8, 4) is 0 Å². The zero-order valence-electron chi connectivity index (χ0n) is 12.4. The summed E-state index contributed by atoms with van der Waals surface area (Å²) in [4.78, 5) is 13.4. The topological polar surface area (TPSA) is 58.4 Å². The average molecular weight is 275 g/mol. The maximum absolute atomic E-state index is 11.2. The van der Waals surface area contributed by atoms with Crippen LogP contribution >= 0.6 is 0 Å². The highest BCUT2D eigenvalue weighted by Gasteiger charge is 2.26. The standard InChI is InChI=1S/C16H25N3O/c1-12(2)9-18-10-13-3-5-15(6-4-13)19-8-7-14(11-19)16(17)20/h3-6,12,14,18H,7-11H2,1-2H3,(H2,17,20). The molecule has 0 radical (unpaired) electrons. The number of rotatable bonds is 6. The molecule has 2 rings (SSSR count). The minimum absolute atomic E-state index is 0.00221. The number of nitrogens with zero attached hydrogens (tertiary/aromatic N) is 1. The van der Waals surface area contributed by atoms with E-state index in [1.807, 2.05) is 0 Å². The molecule has 0 saturated carbocycles.